The molecular weight excluding hydrogens is 274 g/mol. The van der Waals surface area contributed by atoms with Gasteiger partial charge in [0.05, 0.1) is 33.3 Å². The maximum atomic E-state index is 12.2. The van der Waals surface area contributed by atoms with E-state index in [1.807, 2.05) is 6.92 Å². The summed E-state index contributed by atoms with van der Waals surface area (Å²) in [6, 6.07) is 0. The van der Waals surface area contributed by atoms with Crippen LogP contribution in [0.4, 0.5) is 0 Å². The third-order valence-electron chi connectivity index (χ3n) is 2.76. The van der Waals surface area contributed by atoms with Crippen molar-refractivity contribution in [3.8, 4) is 0 Å². The molecule has 6 nitrogen and oxygen atoms in total. The molecule has 1 unspecified atom stereocenters. The molecule has 0 bridgehead atoms. The largest absolute Gasteiger partial charge is 0.550 e. The number of aliphatic hydroxyl groups excluding tert-OH is 1. The van der Waals surface area contributed by atoms with Crippen molar-refractivity contribution in [2.75, 3.05) is 27.7 Å². The van der Waals surface area contributed by atoms with Gasteiger partial charge in [0.25, 0.3) is 0 Å². The second kappa shape index (κ2) is 7.95. The number of carboxylic acids is 1. The van der Waals surface area contributed by atoms with Gasteiger partial charge in [-0.1, -0.05) is 12.2 Å². The molecule has 21 heavy (non-hydrogen) atoms. The SMILES string of the molecule is CC=CCC=C(O)CC(=O)C(O)(CC(=O)[O-])C[N+](C)(C)C. The van der Waals surface area contributed by atoms with Crippen molar-refractivity contribution in [2.24, 2.45) is 0 Å². The number of carboxylic acid groups (broad SMARTS) is 1. The summed E-state index contributed by atoms with van der Waals surface area (Å²) in [5.74, 6) is -2.41. The average molecular weight is 299 g/mol. The zero-order valence-corrected chi connectivity index (χ0v) is 13.1. The van der Waals surface area contributed by atoms with Gasteiger partial charge < -0.3 is 24.6 Å². The number of likely N-dealkylation sites (N-methyl/N-ethyl adjacent to an activating group) is 1. The highest BCUT2D eigenvalue weighted by Gasteiger charge is 2.41. The van der Waals surface area contributed by atoms with E-state index in [1.54, 1.807) is 33.3 Å². The van der Waals surface area contributed by atoms with Crippen molar-refractivity contribution in [3.05, 3.63) is 24.0 Å². The highest BCUT2D eigenvalue weighted by molar-refractivity contribution is 5.91. The topological polar surface area (TPSA) is 97.7 Å². The summed E-state index contributed by atoms with van der Waals surface area (Å²) in [6.45, 7) is 1.75. The lowest BCUT2D eigenvalue weighted by Gasteiger charge is -2.34. The Morgan fingerprint density at radius 1 is 1.29 bits per heavy atom. The lowest BCUT2D eigenvalue weighted by molar-refractivity contribution is -0.875. The Morgan fingerprint density at radius 3 is 2.29 bits per heavy atom. The lowest BCUT2D eigenvalue weighted by atomic mass is 9.90. The van der Waals surface area contributed by atoms with E-state index in [0.717, 1.165) is 0 Å². The standard InChI is InChI=1S/C15H25NO5/c1-5-6-7-8-12(17)9-13(18)15(21,10-14(19)20)11-16(2,3)4/h5-6,8,21H,7,9-11H2,1-4H3,(H-,17,19,20). The van der Waals surface area contributed by atoms with Crippen molar-refractivity contribution in [2.45, 2.75) is 31.8 Å². The molecule has 0 spiro atoms. The number of quaternary nitrogens is 1. The normalized spacial score (nSPS) is 16.0. The summed E-state index contributed by atoms with van der Waals surface area (Å²) in [5.41, 5.74) is -2.06. The Labute approximate surface area is 125 Å². The number of aliphatic hydroxyl groups is 2. The summed E-state index contributed by atoms with van der Waals surface area (Å²) in [5, 5.41) is 30.8. The Hall–Kier alpha value is -1.66. The molecular formula is C15H25NO5. The van der Waals surface area contributed by atoms with Crippen LogP contribution in [0.5, 0.6) is 0 Å². The van der Waals surface area contributed by atoms with Gasteiger partial charge in [0.1, 0.15) is 6.54 Å². The van der Waals surface area contributed by atoms with Gasteiger partial charge in [0.15, 0.2) is 11.4 Å². The smallest absolute Gasteiger partial charge is 0.178 e. The number of hydrogen-bond acceptors (Lipinski definition) is 5. The van der Waals surface area contributed by atoms with E-state index in [9.17, 15) is 24.9 Å². The Kier molecular flexibility index (Phi) is 7.32. The molecule has 6 heteroatoms. The van der Waals surface area contributed by atoms with E-state index in [0.29, 0.717) is 6.42 Å². The summed E-state index contributed by atoms with van der Waals surface area (Å²) >= 11 is 0. The predicted octanol–water partition coefficient (Wildman–Crippen LogP) is -0.0690. The molecule has 0 aromatic rings. The highest BCUT2D eigenvalue weighted by Crippen LogP contribution is 2.19. The van der Waals surface area contributed by atoms with Crippen LogP contribution in [0.1, 0.15) is 26.2 Å². The number of carbonyl (C=O) groups excluding carboxylic acids is 2. The van der Waals surface area contributed by atoms with Crippen LogP contribution in [0.15, 0.2) is 24.0 Å². The predicted molar refractivity (Wildman–Crippen MR) is 77.2 cm³/mol. The van der Waals surface area contributed by atoms with Gasteiger partial charge in [0, 0.05) is 12.4 Å². The molecule has 0 aliphatic heterocycles. The van der Waals surface area contributed by atoms with E-state index >= 15 is 0 Å². The summed E-state index contributed by atoms with van der Waals surface area (Å²) in [4.78, 5) is 22.9. The molecule has 0 aromatic carbocycles. The molecule has 0 fully saturated rings. The average Bonchev–Trinajstić information content (AvgIpc) is 2.25. The molecule has 0 aliphatic carbocycles. The molecule has 0 rings (SSSR count). The molecule has 0 aromatic heterocycles. The maximum Gasteiger partial charge on any atom is 0.178 e. The minimum Gasteiger partial charge on any atom is -0.550 e. The molecule has 0 aliphatic rings. The fourth-order valence-electron chi connectivity index (χ4n) is 2.01. The number of nitrogens with zero attached hydrogens (tertiary/aromatic N) is 1. The minimum atomic E-state index is -2.06. The second-order valence-electron chi connectivity index (χ2n) is 6.13. The van der Waals surface area contributed by atoms with Crippen LogP contribution in [-0.2, 0) is 9.59 Å². The Bertz CT molecular complexity index is 434. The van der Waals surface area contributed by atoms with Crippen LogP contribution >= 0.6 is 0 Å². The highest BCUT2D eigenvalue weighted by atomic mass is 16.4. The van der Waals surface area contributed by atoms with Gasteiger partial charge in [-0.3, -0.25) is 4.79 Å². The maximum absolute atomic E-state index is 12.2. The Morgan fingerprint density at radius 2 is 1.86 bits per heavy atom. The van der Waals surface area contributed by atoms with Gasteiger partial charge in [-0.05, 0) is 19.4 Å². The van der Waals surface area contributed by atoms with Crippen molar-refractivity contribution < 1.29 is 29.4 Å². The van der Waals surface area contributed by atoms with Crippen LogP contribution in [0.2, 0.25) is 0 Å². The first-order valence-electron chi connectivity index (χ1n) is 6.75. The van der Waals surface area contributed by atoms with Crippen LogP contribution in [0.3, 0.4) is 0 Å². The van der Waals surface area contributed by atoms with E-state index in [1.165, 1.54) is 6.08 Å². The number of Topliss-reactive ketones (excluding diaryl/α,β-unsaturated/α-hetero) is 1. The van der Waals surface area contributed by atoms with Crippen LogP contribution in [-0.4, -0.2) is 59.7 Å². The number of allylic oxidation sites excluding steroid dienone is 4. The van der Waals surface area contributed by atoms with Gasteiger partial charge in [0.2, 0.25) is 0 Å². The molecule has 0 saturated carbocycles. The van der Waals surface area contributed by atoms with Crippen molar-refractivity contribution in [3.63, 3.8) is 0 Å². The lowest BCUT2D eigenvalue weighted by Crippen LogP contribution is -2.56. The zero-order valence-electron chi connectivity index (χ0n) is 13.1. The first-order valence-corrected chi connectivity index (χ1v) is 6.75. The van der Waals surface area contributed by atoms with Crippen molar-refractivity contribution >= 4 is 11.8 Å². The number of aliphatic carboxylic acids is 1. The first kappa shape index (κ1) is 19.3. The van der Waals surface area contributed by atoms with E-state index in [4.69, 9.17) is 0 Å². The zero-order chi connectivity index (χ0) is 16.7. The molecule has 0 heterocycles. The third-order valence-corrected chi connectivity index (χ3v) is 2.76. The van der Waals surface area contributed by atoms with Crippen LogP contribution < -0.4 is 5.11 Å². The van der Waals surface area contributed by atoms with Crippen LogP contribution in [0, 0.1) is 0 Å². The monoisotopic (exact) mass is 299 g/mol. The molecule has 1 atom stereocenters. The van der Waals surface area contributed by atoms with Gasteiger partial charge in [-0.25, -0.2) is 0 Å². The Balaban J connectivity index is 5.04. The fourth-order valence-corrected chi connectivity index (χ4v) is 2.01. The van der Waals surface area contributed by atoms with Crippen molar-refractivity contribution in [1.82, 2.24) is 0 Å². The minimum absolute atomic E-state index is 0.0814. The van der Waals surface area contributed by atoms with Crippen LogP contribution in [0.25, 0.3) is 0 Å². The molecule has 0 saturated heterocycles. The number of rotatable bonds is 9. The van der Waals surface area contributed by atoms with E-state index in [2.05, 4.69) is 0 Å². The number of carbonyl (C=O) groups is 2. The van der Waals surface area contributed by atoms with Crippen molar-refractivity contribution in [1.29, 1.82) is 0 Å². The number of ketones is 1. The second-order valence-corrected chi connectivity index (χ2v) is 6.13. The fraction of sp³-hybridized carbons (Fsp3) is 0.600. The van der Waals surface area contributed by atoms with E-state index < -0.39 is 30.2 Å². The number of hydrogen-bond donors (Lipinski definition) is 2. The van der Waals surface area contributed by atoms with E-state index in [-0.39, 0.29) is 16.8 Å². The summed E-state index contributed by atoms with van der Waals surface area (Å²) in [7, 11) is 5.19. The summed E-state index contributed by atoms with van der Waals surface area (Å²) in [6.07, 6.45) is 4.31. The molecule has 0 radical (unpaired) electrons. The molecule has 2 N–H and O–H groups in total. The third kappa shape index (κ3) is 8.27. The quantitative estimate of drug-likeness (QED) is 0.353. The summed E-state index contributed by atoms with van der Waals surface area (Å²) < 4.78 is 0.207. The molecule has 0 amide bonds. The van der Waals surface area contributed by atoms with Gasteiger partial charge in [-0.15, -0.1) is 0 Å². The van der Waals surface area contributed by atoms with Gasteiger partial charge in [-0.2, -0.15) is 0 Å². The molecule has 120 valence electrons. The first-order chi connectivity index (χ1) is 9.50. The van der Waals surface area contributed by atoms with Gasteiger partial charge >= 0.3 is 0 Å².